The zero-order valence-electron chi connectivity index (χ0n) is 29.5. The van der Waals surface area contributed by atoms with E-state index < -0.39 is 24.3 Å². The average Bonchev–Trinajstić information content (AvgIpc) is 3.38. The van der Waals surface area contributed by atoms with Crippen molar-refractivity contribution in [1.29, 1.82) is 0 Å². The highest BCUT2D eigenvalue weighted by Crippen LogP contribution is 2.39. The molecule has 12 nitrogen and oxygen atoms in total. The minimum absolute atomic E-state index is 0.00245. The van der Waals surface area contributed by atoms with Gasteiger partial charge < -0.3 is 40.9 Å². The first-order valence-corrected chi connectivity index (χ1v) is 17.1. The van der Waals surface area contributed by atoms with E-state index in [0.717, 1.165) is 36.9 Å². The number of aromatic hydroxyl groups is 1. The van der Waals surface area contributed by atoms with Crippen LogP contribution in [0.3, 0.4) is 0 Å². The zero-order valence-corrected chi connectivity index (χ0v) is 29.5. The molecule has 0 saturated heterocycles. The van der Waals surface area contributed by atoms with E-state index in [9.17, 15) is 45.4 Å². The van der Waals surface area contributed by atoms with E-state index in [2.05, 4.69) is 20.9 Å². The summed E-state index contributed by atoms with van der Waals surface area (Å²) in [5.41, 5.74) is 3.00. The first-order valence-electron chi connectivity index (χ1n) is 17.1. The first-order chi connectivity index (χ1) is 25.3. The summed E-state index contributed by atoms with van der Waals surface area (Å²) < 4.78 is 82.5. The predicted octanol–water partition coefficient (Wildman–Crippen LogP) is 5.34. The number of carboxylic acid groups (broad SMARTS) is 2. The van der Waals surface area contributed by atoms with Gasteiger partial charge in [0.2, 0.25) is 5.91 Å². The van der Waals surface area contributed by atoms with E-state index in [1.807, 2.05) is 18.2 Å². The highest BCUT2D eigenvalue weighted by atomic mass is 19.4. The van der Waals surface area contributed by atoms with Gasteiger partial charge in [-0.25, -0.2) is 14.0 Å². The number of nitrogens with zero attached hydrogens (tertiary/aromatic N) is 1. The Hall–Kier alpha value is -4.65. The third-order valence-electron chi connectivity index (χ3n) is 8.33. The number of hydrogen-bond donors (Lipinski definition) is 6. The Balaban J connectivity index is 0.000000610. The molecule has 0 spiro atoms. The summed E-state index contributed by atoms with van der Waals surface area (Å²) in [6.45, 7) is 5.13. The third kappa shape index (κ3) is 16.2. The molecule has 1 saturated carbocycles. The summed E-state index contributed by atoms with van der Waals surface area (Å²) in [6, 6.07) is 8.89. The zero-order chi connectivity index (χ0) is 40.5. The van der Waals surface area contributed by atoms with Crippen LogP contribution < -0.4 is 20.7 Å². The van der Waals surface area contributed by atoms with Gasteiger partial charge in [-0.1, -0.05) is 43.9 Å². The molecule has 1 heterocycles. The Kier molecular flexibility index (Phi) is 18.5. The summed E-state index contributed by atoms with van der Waals surface area (Å²) in [7, 11) is 0. The Morgan fingerprint density at radius 1 is 0.870 bits per heavy atom. The van der Waals surface area contributed by atoms with Crippen molar-refractivity contribution in [3.8, 4) is 11.5 Å². The van der Waals surface area contributed by atoms with Crippen LogP contribution in [0.4, 0.5) is 36.4 Å². The number of phenols is 1. The maximum absolute atomic E-state index is 13.5. The van der Waals surface area contributed by atoms with Crippen LogP contribution in [0.2, 0.25) is 0 Å². The summed E-state index contributed by atoms with van der Waals surface area (Å²) in [6.07, 6.45) is -1.30. The van der Waals surface area contributed by atoms with E-state index >= 15 is 0 Å². The highest BCUT2D eigenvalue weighted by Gasteiger charge is 2.39. The summed E-state index contributed by atoms with van der Waals surface area (Å²) >= 11 is 0. The molecule has 2 aromatic carbocycles. The van der Waals surface area contributed by atoms with Gasteiger partial charge in [-0.3, -0.25) is 9.59 Å². The van der Waals surface area contributed by atoms with Gasteiger partial charge in [-0.05, 0) is 74.5 Å². The van der Waals surface area contributed by atoms with Crippen molar-refractivity contribution in [1.82, 2.24) is 15.5 Å². The topological polar surface area (TPSA) is 178 Å². The second-order valence-corrected chi connectivity index (χ2v) is 12.5. The molecule has 19 heteroatoms. The molecule has 1 fully saturated rings. The van der Waals surface area contributed by atoms with Crippen molar-refractivity contribution in [3.63, 3.8) is 0 Å². The number of phenolic OH excluding ortho intramolecular Hbond substituents is 1. The van der Waals surface area contributed by atoms with Gasteiger partial charge in [0.1, 0.15) is 17.3 Å². The number of ether oxygens (including phenoxy) is 1. The second kappa shape index (κ2) is 21.9. The fraction of sp³-hybridized carbons (Fsp3) is 0.543. The highest BCUT2D eigenvalue weighted by molar-refractivity contribution is 5.97. The number of halogens is 7. The lowest BCUT2D eigenvalue weighted by atomic mass is 10.1. The lowest BCUT2D eigenvalue weighted by molar-refractivity contribution is -0.193. The van der Waals surface area contributed by atoms with E-state index in [-0.39, 0.29) is 30.0 Å². The Morgan fingerprint density at radius 3 is 2.02 bits per heavy atom. The predicted molar refractivity (Wildman–Crippen MR) is 182 cm³/mol. The fourth-order valence-electron chi connectivity index (χ4n) is 5.60. The lowest BCUT2D eigenvalue weighted by Gasteiger charge is -2.32. The molecule has 0 atom stereocenters. The number of aliphatic carboxylic acids is 2. The number of rotatable bonds is 13. The van der Waals surface area contributed by atoms with E-state index in [4.69, 9.17) is 24.5 Å². The minimum Gasteiger partial charge on any atom is -0.506 e. The van der Waals surface area contributed by atoms with Gasteiger partial charge in [0.05, 0.1) is 0 Å². The summed E-state index contributed by atoms with van der Waals surface area (Å²) in [5, 5.41) is 33.8. The molecule has 2 aromatic rings. The number of nitrogens with one attached hydrogen (secondary N) is 3. The van der Waals surface area contributed by atoms with E-state index in [1.165, 1.54) is 31.7 Å². The molecule has 302 valence electrons. The van der Waals surface area contributed by atoms with Crippen molar-refractivity contribution in [3.05, 3.63) is 52.8 Å². The van der Waals surface area contributed by atoms with Gasteiger partial charge in [0, 0.05) is 32.1 Å². The number of alkyl halides is 6. The molecule has 0 radical (unpaired) electrons. The molecule has 6 N–H and O–H groups in total. The third-order valence-corrected chi connectivity index (χ3v) is 8.33. The van der Waals surface area contributed by atoms with E-state index in [1.54, 1.807) is 13.0 Å². The maximum Gasteiger partial charge on any atom is 0.490 e. The SMILES string of the molecule is Cc1cc(CCNCCC(=O)N(CCNCCc2ccc(O)c3c2OCC(=O)N3)C2CCCCCC2)ccc1F.O=C(O)C(F)(F)F.O=C(O)C(F)(F)F. The molecule has 1 aliphatic carbocycles. The standard InChI is InChI=1S/C31H43FN4O4.2C2HF3O2/c1-22-20-23(8-10-26(22)32)12-15-33-17-14-29(39)36(25-6-4-2-3-5-7-25)19-18-34-16-13-24-9-11-27(37)30-31(24)40-21-28(38)35-30;2*3-2(4,5)1(6)7/h8-11,20,25,33-34,37H,2-7,12-19,21H2,1H3,(H,35,38);2*(H,6,7). The number of hydrogen-bond acceptors (Lipinski definition) is 8. The molecule has 2 amide bonds. The minimum atomic E-state index is -5.08. The molecule has 4 rings (SSSR count). The Bertz CT molecular complexity index is 1520. The van der Waals surface area contributed by atoms with Crippen molar-refractivity contribution < 1.29 is 70.0 Å². The number of benzene rings is 2. The monoisotopic (exact) mass is 782 g/mol. The average molecular weight is 783 g/mol. The second-order valence-electron chi connectivity index (χ2n) is 12.5. The summed E-state index contributed by atoms with van der Waals surface area (Å²) in [4.78, 5) is 44.8. The molecule has 2 aliphatic rings. The van der Waals surface area contributed by atoms with Gasteiger partial charge in [-0.2, -0.15) is 26.3 Å². The number of anilines is 1. The Morgan fingerprint density at radius 2 is 1.44 bits per heavy atom. The van der Waals surface area contributed by atoms with Gasteiger partial charge in [-0.15, -0.1) is 0 Å². The van der Waals surface area contributed by atoms with Crippen LogP contribution in [-0.4, -0.2) is 102 Å². The lowest BCUT2D eigenvalue weighted by Crippen LogP contribution is -2.45. The van der Waals surface area contributed by atoms with Crippen LogP contribution in [0, 0.1) is 12.7 Å². The Labute approximate surface area is 307 Å². The molecule has 1 aliphatic heterocycles. The number of carboxylic acids is 2. The molecular formula is C35H45F7N4O8. The number of amides is 2. The number of aryl methyl sites for hydroxylation is 1. The van der Waals surface area contributed by atoms with Crippen LogP contribution in [-0.2, 0) is 32.0 Å². The van der Waals surface area contributed by atoms with Crippen LogP contribution in [0.1, 0.15) is 61.6 Å². The smallest absolute Gasteiger partial charge is 0.490 e. The van der Waals surface area contributed by atoms with Crippen LogP contribution in [0.5, 0.6) is 11.5 Å². The van der Waals surface area contributed by atoms with Crippen molar-refractivity contribution in [2.24, 2.45) is 0 Å². The van der Waals surface area contributed by atoms with Gasteiger partial charge in [0.25, 0.3) is 5.91 Å². The van der Waals surface area contributed by atoms with Crippen molar-refractivity contribution in [2.75, 3.05) is 44.6 Å². The number of carbonyl (C=O) groups excluding carboxylic acids is 2. The first kappa shape index (κ1) is 45.5. The molecule has 0 unspecified atom stereocenters. The molecular weight excluding hydrogens is 737 g/mol. The van der Waals surface area contributed by atoms with Crippen molar-refractivity contribution in [2.45, 2.75) is 83.1 Å². The van der Waals surface area contributed by atoms with E-state index in [0.29, 0.717) is 62.1 Å². The summed E-state index contributed by atoms with van der Waals surface area (Å²) in [5.74, 6) is -5.26. The van der Waals surface area contributed by atoms with Crippen molar-refractivity contribution >= 4 is 29.4 Å². The number of fused-ring (bicyclic) bond motifs is 1. The molecule has 0 aromatic heterocycles. The van der Waals surface area contributed by atoms with Crippen LogP contribution in [0.25, 0.3) is 0 Å². The maximum atomic E-state index is 13.5. The van der Waals surface area contributed by atoms with Crippen LogP contribution >= 0.6 is 0 Å². The van der Waals surface area contributed by atoms with Gasteiger partial charge >= 0.3 is 24.3 Å². The molecule has 0 bridgehead atoms. The van der Waals surface area contributed by atoms with Gasteiger partial charge in [0.15, 0.2) is 12.4 Å². The fourth-order valence-corrected chi connectivity index (χ4v) is 5.60. The normalized spacial score (nSPS) is 14.5. The molecule has 54 heavy (non-hydrogen) atoms. The van der Waals surface area contributed by atoms with Crippen LogP contribution in [0.15, 0.2) is 30.3 Å². The quantitative estimate of drug-likeness (QED) is 0.0673. The largest absolute Gasteiger partial charge is 0.506 e. The number of carbonyl (C=O) groups is 4.